The van der Waals surface area contributed by atoms with Crippen molar-refractivity contribution in [2.75, 3.05) is 0 Å². The first-order valence-electron chi connectivity index (χ1n) is 22.3. The summed E-state index contributed by atoms with van der Waals surface area (Å²) in [4.78, 5) is 0. The predicted molar refractivity (Wildman–Crippen MR) is 314 cm³/mol. The fourth-order valence-electron chi connectivity index (χ4n) is 6.70. The molecular formula is C54H39Cl9NiO9P3. The molecule has 0 unspecified atom stereocenters. The van der Waals surface area contributed by atoms with E-state index >= 15 is 0 Å². The standard InChI is InChI=1S/3C18H13Cl3O3P.Ni/c3*19-13-7-1-4-10-16(13)22-25(23-17-11-5-2-8-14(17)20)24-18-12-6-3-9-15(18)21;/h3*1-12,25H;/q3*+1;-3. The van der Waals surface area contributed by atoms with Gasteiger partial charge in [0.15, 0.2) is 0 Å². The van der Waals surface area contributed by atoms with Crippen molar-refractivity contribution in [2.24, 2.45) is 0 Å². The van der Waals surface area contributed by atoms with E-state index in [2.05, 4.69) is 0 Å². The SMILES string of the molecule is Clc1ccccc1O[PH](Oc1ccccc1Cl)(Oc1ccccc1Cl)[Ni]([PH](Oc1ccccc1Cl)(Oc1ccccc1Cl)Oc1ccccc1Cl)[PH](Oc1ccccc1Cl)(Oc1ccccc1Cl)Oc1ccccc1Cl. The minimum atomic E-state index is -5.64. The van der Waals surface area contributed by atoms with Crippen molar-refractivity contribution < 1.29 is 52.8 Å². The molecule has 0 heterocycles. The first-order valence-corrected chi connectivity index (χ1v) is 34.8. The third-order valence-corrected chi connectivity index (χ3v) is 40.7. The average Bonchev–Trinajstić information content (AvgIpc) is 3.49. The number of halogens is 9. The minimum absolute atomic E-state index is 0.00320. The zero-order valence-corrected chi connectivity index (χ0v) is 49.5. The molecule has 397 valence electrons. The average molecular weight is 1300 g/mol. The van der Waals surface area contributed by atoms with Crippen LogP contribution in [0.3, 0.4) is 0 Å². The summed E-state index contributed by atoms with van der Waals surface area (Å²) in [7, 11) is 0. The van der Waals surface area contributed by atoms with Gasteiger partial charge in [-0.05, 0) is 0 Å². The molecule has 0 aliphatic carbocycles. The van der Waals surface area contributed by atoms with E-state index < -0.39 is 32.3 Å². The molecule has 0 aliphatic heterocycles. The van der Waals surface area contributed by atoms with Gasteiger partial charge < -0.3 is 0 Å². The molecule has 9 aromatic rings. The molecule has 9 nitrogen and oxygen atoms in total. The van der Waals surface area contributed by atoms with E-state index in [-0.39, 0.29) is 96.9 Å². The molecule has 76 heavy (non-hydrogen) atoms. The fraction of sp³-hybridized carbons (Fsp3) is 0. The van der Waals surface area contributed by atoms with E-state index in [1.165, 1.54) is 0 Å². The normalized spacial score (nSPS) is 12.4. The van der Waals surface area contributed by atoms with Crippen LogP contribution in [0.15, 0.2) is 218 Å². The Morgan fingerprint density at radius 3 is 0.395 bits per heavy atom. The van der Waals surface area contributed by atoms with Crippen molar-refractivity contribution >= 4 is 125 Å². The molecule has 0 spiro atoms. The van der Waals surface area contributed by atoms with Crippen LogP contribution >= 0.6 is 125 Å². The zero-order chi connectivity index (χ0) is 53.3. The number of hydrogen-bond acceptors (Lipinski definition) is 9. The topological polar surface area (TPSA) is 83.1 Å². The molecule has 0 aromatic heterocycles. The van der Waals surface area contributed by atoms with Crippen LogP contribution in [0, 0.1) is 0 Å². The van der Waals surface area contributed by atoms with E-state index in [4.69, 9.17) is 145 Å². The Bertz CT molecular complexity index is 2780. The summed E-state index contributed by atoms with van der Waals surface area (Å²) in [6, 6.07) is 59.6. The predicted octanol–water partition coefficient (Wildman–Crippen LogP) is 21.4. The van der Waals surface area contributed by atoms with Gasteiger partial charge >= 0.3 is 493 Å². The number of para-hydroxylation sites is 9. The van der Waals surface area contributed by atoms with Crippen molar-refractivity contribution in [3.05, 3.63) is 264 Å². The molecule has 9 rings (SSSR count). The van der Waals surface area contributed by atoms with Gasteiger partial charge in [0.2, 0.25) is 0 Å². The van der Waals surface area contributed by atoms with Crippen molar-refractivity contribution in [1.29, 1.82) is 0 Å². The Labute approximate surface area is 488 Å². The number of rotatable bonds is 21. The third-order valence-electron chi connectivity index (χ3n) is 10.1. The second kappa shape index (κ2) is 25.6. The van der Waals surface area contributed by atoms with Crippen LogP contribution in [-0.4, -0.2) is 0 Å². The molecule has 0 atom stereocenters. The Hall–Kier alpha value is -4.43. The van der Waals surface area contributed by atoms with Gasteiger partial charge in [0.1, 0.15) is 0 Å². The van der Waals surface area contributed by atoms with Gasteiger partial charge in [0, 0.05) is 0 Å². The molecule has 0 radical (unpaired) electrons. The van der Waals surface area contributed by atoms with Crippen LogP contribution in [0.1, 0.15) is 0 Å². The monoisotopic (exact) mass is 1300 g/mol. The molecule has 0 bridgehead atoms. The van der Waals surface area contributed by atoms with E-state index in [0.717, 1.165) is 0 Å². The van der Waals surface area contributed by atoms with Gasteiger partial charge in [-0.3, -0.25) is 0 Å². The Kier molecular flexibility index (Phi) is 18.9. The van der Waals surface area contributed by atoms with Crippen LogP contribution in [0.4, 0.5) is 0 Å². The molecule has 0 fully saturated rings. The van der Waals surface area contributed by atoms with E-state index in [0.29, 0.717) is 0 Å². The summed E-state index contributed by atoms with van der Waals surface area (Å²) in [5.41, 5.74) is 0. The molecule has 0 saturated heterocycles. The summed E-state index contributed by atoms with van der Waals surface area (Å²) < 4.78 is 68.3. The summed E-state index contributed by atoms with van der Waals surface area (Å²) >= 11 is 62.0. The number of hydrogen-bond donors (Lipinski definition) is 0. The fourth-order valence-corrected chi connectivity index (χ4v) is 39.3. The van der Waals surface area contributed by atoms with Gasteiger partial charge in [-0.25, -0.2) is 0 Å². The van der Waals surface area contributed by atoms with Gasteiger partial charge in [-0.2, -0.15) is 0 Å². The van der Waals surface area contributed by atoms with Gasteiger partial charge in [0.25, 0.3) is 0 Å². The molecule has 0 amide bonds. The number of benzene rings is 9. The molecule has 22 heteroatoms. The molecule has 0 aliphatic rings. The third kappa shape index (κ3) is 13.2. The van der Waals surface area contributed by atoms with Crippen LogP contribution < -0.4 is 40.7 Å². The molecule has 0 N–H and O–H groups in total. The van der Waals surface area contributed by atoms with Crippen LogP contribution in [0.25, 0.3) is 0 Å². The second-order valence-electron chi connectivity index (χ2n) is 15.4. The van der Waals surface area contributed by atoms with Crippen LogP contribution in [-0.2, 0) is 12.1 Å². The Morgan fingerprint density at radius 2 is 0.289 bits per heavy atom. The first kappa shape index (κ1) is 56.3. The molecule has 0 saturated carbocycles. The van der Waals surface area contributed by atoms with Crippen molar-refractivity contribution in [2.45, 2.75) is 0 Å². The molecule has 9 aromatic carbocycles. The summed E-state index contributed by atoms with van der Waals surface area (Å²) in [5.74, 6) is 0.0288. The first-order chi connectivity index (χ1) is 36.8. The van der Waals surface area contributed by atoms with Gasteiger partial charge in [-0.1, -0.05) is 0 Å². The van der Waals surface area contributed by atoms with E-state index in [1.807, 2.05) is 0 Å². The second-order valence-corrected chi connectivity index (χ2v) is 37.5. The van der Waals surface area contributed by atoms with E-state index in [1.54, 1.807) is 218 Å². The van der Waals surface area contributed by atoms with Crippen LogP contribution in [0.2, 0.25) is 45.2 Å². The van der Waals surface area contributed by atoms with Crippen molar-refractivity contribution in [1.82, 2.24) is 0 Å². The quantitative estimate of drug-likeness (QED) is 0.0516. The Balaban J connectivity index is 1.57. The molecular weight excluding hydrogens is 1260 g/mol. The summed E-state index contributed by atoms with van der Waals surface area (Å²) in [5, 5.41) is 0.813. The maximum absolute atomic E-state index is 7.59. The summed E-state index contributed by atoms with van der Waals surface area (Å²) in [6.07, 6.45) is 0. The Morgan fingerprint density at radius 1 is 0.184 bits per heavy atom. The van der Waals surface area contributed by atoms with Crippen molar-refractivity contribution in [3.63, 3.8) is 0 Å². The maximum atomic E-state index is 7.59. The van der Waals surface area contributed by atoms with Crippen molar-refractivity contribution in [3.8, 4) is 51.7 Å². The van der Waals surface area contributed by atoms with Gasteiger partial charge in [-0.15, -0.1) is 0 Å². The van der Waals surface area contributed by atoms with Crippen LogP contribution in [0.5, 0.6) is 51.7 Å². The zero-order valence-electron chi connectivity index (χ0n) is 38.7. The van der Waals surface area contributed by atoms with E-state index in [9.17, 15) is 0 Å². The summed E-state index contributed by atoms with van der Waals surface area (Å²) in [6.45, 7) is -16.9. The van der Waals surface area contributed by atoms with Gasteiger partial charge in [0.05, 0.1) is 0 Å².